The standard InChI is InChI=1S/C9H12Br.3CH3.Sn/c1-9(2)6-3-4-7(9)8(10)5-6;;;;/h6-7H,3-4H2,1-2H3;3*1H3;/t6-,7+;;;;/m1..../s1. The Balaban J connectivity index is 2.46. The fourth-order valence-electron chi connectivity index (χ4n) is 3.52. The van der Waals surface area contributed by atoms with Crippen LogP contribution in [0.15, 0.2) is 8.07 Å². The van der Waals surface area contributed by atoms with Gasteiger partial charge in [0.1, 0.15) is 0 Å². The summed E-state index contributed by atoms with van der Waals surface area (Å²) in [6, 6.07) is 0. The fourth-order valence-corrected chi connectivity index (χ4v) is 15.6. The number of halogens is 1. The van der Waals surface area contributed by atoms with Crippen LogP contribution in [0.2, 0.25) is 14.8 Å². The van der Waals surface area contributed by atoms with Crippen LogP contribution in [0.25, 0.3) is 0 Å². The second-order valence-corrected chi connectivity index (χ2v) is 21.8. The normalized spacial score (nSPS) is 35.6. The van der Waals surface area contributed by atoms with Gasteiger partial charge >= 0.3 is 101 Å². The van der Waals surface area contributed by atoms with E-state index in [1.165, 1.54) is 12.8 Å². The van der Waals surface area contributed by atoms with E-state index in [0.717, 1.165) is 11.8 Å². The molecule has 0 aromatic heterocycles. The van der Waals surface area contributed by atoms with Crippen LogP contribution in [0, 0.1) is 17.3 Å². The maximum atomic E-state index is 3.91. The molecule has 0 aromatic rings. The Kier molecular flexibility index (Phi) is 2.67. The molecule has 0 heterocycles. The first kappa shape index (κ1) is 11.5. The van der Waals surface area contributed by atoms with Crippen LogP contribution in [0.3, 0.4) is 0 Å². The van der Waals surface area contributed by atoms with Gasteiger partial charge < -0.3 is 0 Å². The molecular weight excluding hydrogens is 343 g/mol. The Bertz CT molecular complexity index is 296. The van der Waals surface area contributed by atoms with Gasteiger partial charge in [0.25, 0.3) is 0 Å². The van der Waals surface area contributed by atoms with E-state index in [1.807, 2.05) is 3.59 Å². The number of hydrogen-bond donors (Lipinski definition) is 0. The second-order valence-electron chi connectivity index (χ2n) is 6.52. The molecule has 0 nitrogen and oxygen atoms in total. The summed E-state index contributed by atoms with van der Waals surface area (Å²) in [5, 5.41) is 0. The van der Waals surface area contributed by atoms with Gasteiger partial charge in [-0.25, -0.2) is 0 Å². The third kappa shape index (κ3) is 1.45. The van der Waals surface area contributed by atoms with Crippen LogP contribution in [0.1, 0.15) is 26.7 Å². The van der Waals surface area contributed by atoms with Crippen molar-refractivity contribution in [2.45, 2.75) is 41.5 Å². The summed E-state index contributed by atoms with van der Waals surface area (Å²) in [6.45, 7) is 4.95. The second kappa shape index (κ2) is 3.25. The molecule has 1 fully saturated rings. The van der Waals surface area contributed by atoms with Gasteiger partial charge in [0, 0.05) is 0 Å². The van der Waals surface area contributed by atoms with Gasteiger partial charge in [-0.05, 0) is 0 Å². The van der Waals surface area contributed by atoms with Gasteiger partial charge in [0.05, 0.1) is 0 Å². The van der Waals surface area contributed by atoms with Crippen molar-refractivity contribution < 1.29 is 0 Å². The quantitative estimate of drug-likeness (QED) is 0.598. The average Bonchev–Trinajstić information content (AvgIpc) is 2.35. The Morgan fingerprint density at radius 1 is 1.14 bits per heavy atom. The van der Waals surface area contributed by atoms with Crippen molar-refractivity contribution in [2.24, 2.45) is 17.3 Å². The van der Waals surface area contributed by atoms with E-state index in [-0.39, 0.29) is 0 Å². The number of allylic oxidation sites excluding steroid dienone is 2. The Morgan fingerprint density at radius 3 is 1.93 bits per heavy atom. The summed E-state index contributed by atoms with van der Waals surface area (Å²) < 4.78 is 3.53. The van der Waals surface area contributed by atoms with Gasteiger partial charge in [-0.15, -0.1) is 0 Å². The van der Waals surface area contributed by atoms with E-state index in [4.69, 9.17) is 0 Å². The Hall–Kier alpha value is 1.02. The number of hydrogen-bond acceptors (Lipinski definition) is 0. The van der Waals surface area contributed by atoms with Crippen LogP contribution in [-0.4, -0.2) is 18.4 Å². The first-order valence-corrected chi connectivity index (χ1v) is 16.4. The molecule has 0 aromatic carbocycles. The molecule has 0 unspecified atom stereocenters. The molecule has 2 rings (SSSR count). The van der Waals surface area contributed by atoms with E-state index >= 15 is 0 Å². The van der Waals surface area contributed by atoms with Crippen molar-refractivity contribution in [1.29, 1.82) is 0 Å². The summed E-state index contributed by atoms with van der Waals surface area (Å²) in [5.74, 6) is 1.76. The van der Waals surface area contributed by atoms with Crippen LogP contribution < -0.4 is 0 Å². The predicted octanol–water partition coefficient (Wildman–Crippen LogP) is 4.58. The van der Waals surface area contributed by atoms with Crippen LogP contribution >= 0.6 is 15.9 Å². The molecule has 2 aliphatic rings. The third-order valence-electron chi connectivity index (χ3n) is 4.26. The molecule has 2 atom stereocenters. The van der Waals surface area contributed by atoms with E-state index in [1.54, 1.807) is 4.48 Å². The van der Waals surface area contributed by atoms with Gasteiger partial charge in [-0.3, -0.25) is 0 Å². The van der Waals surface area contributed by atoms with Crippen molar-refractivity contribution >= 4 is 34.3 Å². The molecule has 80 valence electrons. The predicted molar refractivity (Wildman–Crippen MR) is 69.3 cm³/mol. The minimum atomic E-state index is -1.83. The third-order valence-corrected chi connectivity index (χ3v) is 12.7. The molecule has 2 bridgehead atoms. The van der Waals surface area contributed by atoms with Crippen LogP contribution in [0.5, 0.6) is 0 Å². The monoisotopic (exact) mass is 364 g/mol. The van der Waals surface area contributed by atoms with Crippen LogP contribution in [0.4, 0.5) is 0 Å². The molecule has 0 N–H and O–H groups in total. The topological polar surface area (TPSA) is 0 Å². The molecule has 0 amide bonds. The van der Waals surface area contributed by atoms with E-state index < -0.39 is 18.4 Å². The molecule has 1 saturated carbocycles. The van der Waals surface area contributed by atoms with Crippen molar-refractivity contribution in [3.63, 3.8) is 0 Å². The number of fused-ring (bicyclic) bond motifs is 2. The summed E-state index contributed by atoms with van der Waals surface area (Å²) in [6.07, 6.45) is 2.87. The van der Waals surface area contributed by atoms with Gasteiger partial charge in [0.2, 0.25) is 0 Å². The zero-order chi connectivity index (χ0) is 10.7. The van der Waals surface area contributed by atoms with Crippen molar-refractivity contribution in [3.05, 3.63) is 8.07 Å². The van der Waals surface area contributed by atoms with E-state index in [2.05, 4.69) is 44.6 Å². The van der Waals surface area contributed by atoms with Gasteiger partial charge in [-0.1, -0.05) is 0 Å². The minimum absolute atomic E-state index is 0.554. The molecule has 0 aliphatic heterocycles. The molecule has 2 heteroatoms. The van der Waals surface area contributed by atoms with Gasteiger partial charge in [0.15, 0.2) is 0 Å². The Morgan fingerprint density at radius 2 is 1.64 bits per heavy atom. The molecule has 14 heavy (non-hydrogen) atoms. The molecule has 0 spiro atoms. The molecular formula is C12H21BrSn. The fraction of sp³-hybridized carbons (Fsp3) is 0.833. The van der Waals surface area contributed by atoms with Gasteiger partial charge in [-0.2, -0.15) is 0 Å². The first-order valence-electron chi connectivity index (χ1n) is 5.66. The summed E-state index contributed by atoms with van der Waals surface area (Å²) in [7, 11) is 0. The van der Waals surface area contributed by atoms with Crippen molar-refractivity contribution in [3.8, 4) is 0 Å². The SMILES string of the molecule is CC1(C)[C@@H]2CC[C@H]1C(Br)=[C]2[Sn]([CH3])([CH3])[CH3]. The first-order chi connectivity index (χ1) is 6.26. The van der Waals surface area contributed by atoms with E-state index in [9.17, 15) is 0 Å². The Labute approximate surface area is 101 Å². The molecule has 0 saturated heterocycles. The zero-order valence-corrected chi connectivity index (χ0v) is 14.4. The van der Waals surface area contributed by atoms with Crippen molar-refractivity contribution in [1.82, 2.24) is 0 Å². The van der Waals surface area contributed by atoms with Crippen molar-refractivity contribution in [2.75, 3.05) is 0 Å². The van der Waals surface area contributed by atoms with Crippen LogP contribution in [-0.2, 0) is 0 Å². The van der Waals surface area contributed by atoms with E-state index in [0.29, 0.717) is 5.41 Å². The molecule has 2 aliphatic carbocycles. The molecule has 0 radical (unpaired) electrons. The summed E-state index contributed by atoms with van der Waals surface area (Å²) in [4.78, 5) is 7.67. The zero-order valence-electron chi connectivity index (χ0n) is 9.95. The average molecular weight is 364 g/mol. The maximum absolute atomic E-state index is 3.91. The number of rotatable bonds is 1. The summed E-state index contributed by atoms with van der Waals surface area (Å²) >= 11 is 2.07. The summed E-state index contributed by atoms with van der Waals surface area (Å²) in [5.41, 5.74) is 0.554.